The summed E-state index contributed by atoms with van der Waals surface area (Å²) < 4.78 is 5.64. The fourth-order valence-electron chi connectivity index (χ4n) is 2.55. The third kappa shape index (κ3) is 3.84. The van der Waals surface area contributed by atoms with Crippen molar-refractivity contribution < 1.29 is 9.66 Å². The van der Waals surface area contributed by atoms with Crippen molar-refractivity contribution in [2.24, 2.45) is 0 Å². The van der Waals surface area contributed by atoms with Crippen molar-refractivity contribution in [3.63, 3.8) is 0 Å². The quantitative estimate of drug-likeness (QED) is 0.616. The Labute approximate surface area is 123 Å². The minimum absolute atomic E-state index is 0.0916. The normalized spacial score (nSPS) is 19.8. The SMILES string of the molecule is CN1CCCCC1CCOc1ccc([N+](=O)[O-])c(Cl)c1. The van der Waals surface area contributed by atoms with Gasteiger partial charge in [-0.1, -0.05) is 18.0 Å². The lowest BCUT2D eigenvalue weighted by Gasteiger charge is -2.32. The van der Waals surface area contributed by atoms with Crippen LogP contribution in [0.25, 0.3) is 0 Å². The number of halogens is 1. The topological polar surface area (TPSA) is 55.6 Å². The lowest BCUT2D eigenvalue weighted by atomic mass is 10.0. The van der Waals surface area contributed by atoms with Crippen molar-refractivity contribution in [1.29, 1.82) is 0 Å². The summed E-state index contributed by atoms with van der Waals surface area (Å²) in [5.74, 6) is 0.582. The first kappa shape index (κ1) is 15.1. The Bertz CT molecular complexity index is 481. The van der Waals surface area contributed by atoms with Gasteiger partial charge in [-0.3, -0.25) is 10.1 Å². The van der Waals surface area contributed by atoms with Gasteiger partial charge in [0, 0.05) is 18.2 Å². The number of benzene rings is 1. The third-order valence-corrected chi connectivity index (χ3v) is 4.06. The first-order chi connectivity index (χ1) is 9.58. The fraction of sp³-hybridized carbons (Fsp3) is 0.571. The Balaban J connectivity index is 1.85. The number of nitro benzene ring substituents is 1. The lowest BCUT2D eigenvalue weighted by Crippen LogP contribution is -2.37. The van der Waals surface area contributed by atoms with E-state index in [9.17, 15) is 10.1 Å². The summed E-state index contributed by atoms with van der Waals surface area (Å²) in [5, 5.41) is 10.8. The van der Waals surface area contributed by atoms with Gasteiger partial charge in [-0.25, -0.2) is 0 Å². The zero-order valence-electron chi connectivity index (χ0n) is 11.5. The molecule has 5 nitrogen and oxygen atoms in total. The monoisotopic (exact) mass is 298 g/mol. The number of nitro groups is 1. The lowest BCUT2D eigenvalue weighted by molar-refractivity contribution is -0.384. The van der Waals surface area contributed by atoms with Crippen LogP contribution in [-0.2, 0) is 0 Å². The zero-order valence-corrected chi connectivity index (χ0v) is 12.3. The van der Waals surface area contributed by atoms with Crippen LogP contribution < -0.4 is 4.74 Å². The zero-order chi connectivity index (χ0) is 14.5. The summed E-state index contributed by atoms with van der Waals surface area (Å²) in [6, 6.07) is 5.04. The summed E-state index contributed by atoms with van der Waals surface area (Å²) in [7, 11) is 2.15. The van der Waals surface area contributed by atoms with Gasteiger partial charge in [-0.2, -0.15) is 0 Å². The highest BCUT2D eigenvalue weighted by atomic mass is 35.5. The van der Waals surface area contributed by atoms with Crippen LogP contribution >= 0.6 is 11.6 Å². The molecule has 0 bridgehead atoms. The Morgan fingerprint density at radius 3 is 2.95 bits per heavy atom. The molecule has 1 aromatic rings. The van der Waals surface area contributed by atoms with E-state index in [2.05, 4.69) is 11.9 Å². The van der Waals surface area contributed by atoms with Crippen LogP contribution in [0.3, 0.4) is 0 Å². The first-order valence-corrected chi connectivity index (χ1v) is 7.22. The van der Waals surface area contributed by atoms with Crippen LogP contribution in [0, 0.1) is 10.1 Å². The second-order valence-corrected chi connectivity index (χ2v) is 5.54. The third-order valence-electron chi connectivity index (χ3n) is 3.76. The van der Waals surface area contributed by atoms with Gasteiger partial charge in [0.2, 0.25) is 0 Å². The van der Waals surface area contributed by atoms with Gasteiger partial charge in [0.1, 0.15) is 10.8 Å². The summed E-state index contributed by atoms with van der Waals surface area (Å²) in [6.07, 6.45) is 4.72. The van der Waals surface area contributed by atoms with E-state index < -0.39 is 4.92 Å². The predicted octanol–water partition coefficient (Wildman–Crippen LogP) is 3.50. The average Bonchev–Trinajstić information content (AvgIpc) is 2.40. The molecule has 0 spiro atoms. The van der Waals surface area contributed by atoms with Crippen LogP contribution in [0.5, 0.6) is 5.75 Å². The molecule has 0 aromatic heterocycles. The minimum atomic E-state index is -0.497. The number of hydrogen-bond donors (Lipinski definition) is 0. The van der Waals surface area contributed by atoms with E-state index in [1.165, 1.54) is 31.4 Å². The maximum absolute atomic E-state index is 10.7. The van der Waals surface area contributed by atoms with Gasteiger partial charge in [0.05, 0.1) is 11.5 Å². The van der Waals surface area contributed by atoms with Crippen LogP contribution in [0.15, 0.2) is 18.2 Å². The van der Waals surface area contributed by atoms with Crippen molar-refractivity contribution in [2.75, 3.05) is 20.2 Å². The maximum Gasteiger partial charge on any atom is 0.288 e. The van der Waals surface area contributed by atoms with Gasteiger partial charge < -0.3 is 9.64 Å². The maximum atomic E-state index is 10.7. The molecule has 110 valence electrons. The van der Waals surface area contributed by atoms with E-state index in [0.29, 0.717) is 18.4 Å². The number of ether oxygens (including phenoxy) is 1. The van der Waals surface area contributed by atoms with Crippen molar-refractivity contribution in [2.45, 2.75) is 31.7 Å². The highest BCUT2D eigenvalue weighted by Gasteiger charge is 2.18. The molecule has 0 aliphatic carbocycles. The van der Waals surface area contributed by atoms with Crippen LogP contribution in [0.1, 0.15) is 25.7 Å². The Hall–Kier alpha value is -1.33. The highest BCUT2D eigenvalue weighted by molar-refractivity contribution is 6.32. The molecular weight excluding hydrogens is 280 g/mol. The molecule has 1 saturated heterocycles. The van der Waals surface area contributed by atoms with Crippen LogP contribution in [0.2, 0.25) is 5.02 Å². The van der Waals surface area contributed by atoms with E-state index >= 15 is 0 Å². The van der Waals surface area contributed by atoms with E-state index in [1.54, 1.807) is 6.07 Å². The summed E-state index contributed by atoms with van der Waals surface area (Å²) >= 11 is 5.85. The van der Waals surface area contributed by atoms with Crippen molar-refractivity contribution in [3.8, 4) is 5.75 Å². The fourth-order valence-corrected chi connectivity index (χ4v) is 2.79. The Morgan fingerprint density at radius 1 is 1.50 bits per heavy atom. The van der Waals surface area contributed by atoms with Crippen molar-refractivity contribution >= 4 is 17.3 Å². The number of likely N-dealkylation sites (tertiary alicyclic amines) is 1. The molecule has 1 fully saturated rings. The van der Waals surface area contributed by atoms with E-state index in [0.717, 1.165) is 13.0 Å². The molecule has 0 N–H and O–H groups in total. The molecule has 20 heavy (non-hydrogen) atoms. The van der Waals surface area contributed by atoms with Crippen LogP contribution in [-0.4, -0.2) is 36.1 Å². The van der Waals surface area contributed by atoms with E-state index in [1.807, 2.05) is 0 Å². The van der Waals surface area contributed by atoms with Crippen molar-refractivity contribution in [3.05, 3.63) is 33.3 Å². The van der Waals surface area contributed by atoms with Gasteiger partial charge in [-0.05, 0) is 38.9 Å². The molecular formula is C14H19ClN2O3. The van der Waals surface area contributed by atoms with Gasteiger partial charge in [0.15, 0.2) is 0 Å². The molecule has 1 aliphatic rings. The second-order valence-electron chi connectivity index (χ2n) is 5.14. The highest BCUT2D eigenvalue weighted by Crippen LogP contribution is 2.28. The smallest absolute Gasteiger partial charge is 0.288 e. The van der Waals surface area contributed by atoms with Crippen LogP contribution in [0.4, 0.5) is 5.69 Å². The Kier molecular flexibility index (Phi) is 5.20. The number of rotatable bonds is 5. The van der Waals surface area contributed by atoms with Gasteiger partial charge in [-0.15, -0.1) is 0 Å². The molecule has 0 radical (unpaired) electrons. The molecule has 1 atom stereocenters. The largest absolute Gasteiger partial charge is 0.493 e. The molecule has 1 aliphatic heterocycles. The Morgan fingerprint density at radius 2 is 2.30 bits per heavy atom. The molecule has 2 rings (SSSR count). The van der Waals surface area contributed by atoms with Crippen molar-refractivity contribution in [1.82, 2.24) is 4.90 Å². The standard InChI is InChI=1S/C14H19ClN2O3/c1-16-8-3-2-4-11(16)7-9-20-12-5-6-14(17(18)19)13(15)10-12/h5-6,10-11H,2-4,7-9H2,1H3. The average molecular weight is 299 g/mol. The predicted molar refractivity (Wildman–Crippen MR) is 78.5 cm³/mol. The number of piperidine rings is 1. The summed E-state index contributed by atoms with van der Waals surface area (Å²) in [6.45, 7) is 1.75. The summed E-state index contributed by atoms with van der Waals surface area (Å²) in [4.78, 5) is 12.5. The molecule has 1 heterocycles. The minimum Gasteiger partial charge on any atom is -0.493 e. The molecule has 0 saturated carbocycles. The number of nitrogens with zero attached hydrogens (tertiary/aromatic N) is 2. The van der Waals surface area contributed by atoms with Gasteiger partial charge in [0.25, 0.3) is 5.69 Å². The summed E-state index contributed by atoms with van der Waals surface area (Å²) in [5.41, 5.74) is -0.0916. The number of hydrogen-bond acceptors (Lipinski definition) is 4. The van der Waals surface area contributed by atoms with Gasteiger partial charge >= 0.3 is 0 Å². The molecule has 6 heteroatoms. The second kappa shape index (κ2) is 6.90. The van der Waals surface area contributed by atoms with E-state index in [4.69, 9.17) is 16.3 Å². The molecule has 1 aromatic carbocycles. The van der Waals surface area contributed by atoms with E-state index in [-0.39, 0.29) is 10.7 Å². The molecule has 1 unspecified atom stereocenters. The molecule has 0 amide bonds. The first-order valence-electron chi connectivity index (χ1n) is 6.85.